The van der Waals surface area contributed by atoms with Crippen molar-refractivity contribution in [2.75, 3.05) is 42.6 Å². The number of aromatic nitrogens is 1. The number of carbonyl (C=O) groups is 1. The SMILES string of the molecule is CCOC(=O)c1ccc(N2CCCN(c3cc(F)ccc3[N+](=O)[O-])CC2)nc1. The fraction of sp³-hybridized carbons (Fsp3) is 0.368. The molecule has 28 heavy (non-hydrogen) atoms. The minimum Gasteiger partial charge on any atom is -0.462 e. The zero-order valence-corrected chi connectivity index (χ0v) is 15.5. The molecular formula is C19H21FN4O4. The minimum absolute atomic E-state index is 0.105. The summed E-state index contributed by atoms with van der Waals surface area (Å²) in [7, 11) is 0. The summed E-state index contributed by atoms with van der Waals surface area (Å²) in [5.41, 5.74) is 0.571. The number of pyridine rings is 1. The smallest absolute Gasteiger partial charge is 0.339 e. The number of ether oxygens (including phenoxy) is 1. The number of hydrogen-bond acceptors (Lipinski definition) is 7. The Morgan fingerprint density at radius 1 is 1.21 bits per heavy atom. The van der Waals surface area contributed by atoms with E-state index >= 15 is 0 Å². The topological polar surface area (TPSA) is 88.8 Å². The highest BCUT2D eigenvalue weighted by Crippen LogP contribution is 2.30. The number of rotatable bonds is 5. The highest BCUT2D eigenvalue weighted by Gasteiger charge is 2.23. The lowest BCUT2D eigenvalue weighted by Crippen LogP contribution is -2.31. The Morgan fingerprint density at radius 2 is 1.96 bits per heavy atom. The maximum atomic E-state index is 13.7. The zero-order chi connectivity index (χ0) is 20.1. The molecule has 1 saturated heterocycles. The van der Waals surface area contributed by atoms with Gasteiger partial charge in [-0.3, -0.25) is 10.1 Å². The molecule has 2 heterocycles. The Morgan fingerprint density at radius 3 is 2.64 bits per heavy atom. The lowest BCUT2D eigenvalue weighted by atomic mass is 10.2. The number of nitro benzene ring substituents is 1. The minimum atomic E-state index is -0.502. The molecule has 0 spiro atoms. The van der Waals surface area contributed by atoms with Crippen LogP contribution in [0, 0.1) is 15.9 Å². The second-order valence-corrected chi connectivity index (χ2v) is 6.34. The Balaban J connectivity index is 1.73. The van der Waals surface area contributed by atoms with E-state index in [-0.39, 0.29) is 11.4 Å². The van der Waals surface area contributed by atoms with E-state index in [1.54, 1.807) is 19.1 Å². The van der Waals surface area contributed by atoms with Crippen LogP contribution in [0.25, 0.3) is 0 Å². The molecule has 0 bridgehead atoms. The Labute approximate surface area is 161 Å². The van der Waals surface area contributed by atoms with Crippen LogP contribution in [-0.4, -0.2) is 48.7 Å². The van der Waals surface area contributed by atoms with Gasteiger partial charge in [-0.2, -0.15) is 0 Å². The summed E-state index contributed by atoms with van der Waals surface area (Å²) in [5, 5.41) is 11.3. The monoisotopic (exact) mass is 388 g/mol. The first-order chi connectivity index (χ1) is 13.5. The van der Waals surface area contributed by atoms with E-state index in [0.29, 0.717) is 44.2 Å². The number of anilines is 2. The van der Waals surface area contributed by atoms with Crippen LogP contribution in [0.2, 0.25) is 0 Å². The number of halogens is 1. The van der Waals surface area contributed by atoms with Crippen molar-refractivity contribution < 1.29 is 18.8 Å². The number of esters is 1. The van der Waals surface area contributed by atoms with Gasteiger partial charge in [-0.05, 0) is 31.5 Å². The van der Waals surface area contributed by atoms with Crippen molar-refractivity contribution in [2.45, 2.75) is 13.3 Å². The molecule has 1 aliphatic rings. The second-order valence-electron chi connectivity index (χ2n) is 6.34. The van der Waals surface area contributed by atoms with Gasteiger partial charge in [0.1, 0.15) is 17.3 Å². The van der Waals surface area contributed by atoms with Crippen molar-refractivity contribution in [3.05, 3.63) is 58.0 Å². The lowest BCUT2D eigenvalue weighted by Gasteiger charge is -2.24. The largest absolute Gasteiger partial charge is 0.462 e. The van der Waals surface area contributed by atoms with E-state index < -0.39 is 16.7 Å². The average Bonchev–Trinajstić information content (AvgIpc) is 2.94. The fourth-order valence-corrected chi connectivity index (χ4v) is 3.20. The van der Waals surface area contributed by atoms with Crippen LogP contribution in [-0.2, 0) is 4.74 Å². The van der Waals surface area contributed by atoms with Crippen LogP contribution in [0.4, 0.5) is 21.6 Å². The first-order valence-corrected chi connectivity index (χ1v) is 9.06. The molecule has 0 unspecified atom stereocenters. The van der Waals surface area contributed by atoms with E-state index in [1.807, 2.05) is 9.80 Å². The molecule has 2 aromatic rings. The molecule has 0 aliphatic carbocycles. The third-order valence-electron chi connectivity index (χ3n) is 4.55. The van der Waals surface area contributed by atoms with E-state index in [9.17, 15) is 19.3 Å². The van der Waals surface area contributed by atoms with Gasteiger partial charge in [-0.15, -0.1) is 0 Å². The van der Waals surface area contributed by atoms with Gasteiger partial charge in [-0.25, -0.2) is 14.2 Å². The molecule has 8 nitrogen and oxygen atoms in total. The van der Waals surface area contributed by atoms with Gasteiger partial charge < -0.3 is 14.5 Å². The molecule has 1 aromatic heterocycles. The Hall–Kier alpha value is -3.23. The molecule has 148 valence electrons. The molecule has 0 atom stereocenters. The highest BCUT2D eigenvalue weighted by molar-refractivity contribution is 5.89. The van der Waals surface area contributed by atoms with Crippen LogP contribution < -0.4 is 9.80 Å². The maximum absolute atomic E-state index is 13.7. The van der Waals surface area contributed by atoms with Gasteiger partial charge in [-0.1, -0.05) is 0 Å². The van der Waals surface area contributed by atoms with Crippen LogP contribution in [0.3, 0.4) is 0 Å². The van der Waals surface area contributed by atoms with Gasteiger partial charge in [0.05, 0.1) is 17.1 Å². The van der Waals surface area contributed by atoms with E-state index in [2.05, 4.69) is 4.98 Å². The third-order valence-corrected chi connectivity index (χ3v) is 4.55. The standard InChI is InChI=1S/C19H21FN4O4/c1-2-28-19(25)14-4-7-18(21-13-14)23-9-3-8-22(10-11-23)17-12-15(20)5-6-16(17)24(26)27/h4-7,12-13H,2-3,8-11H2,1H3. The van der Waals surface area contributed by atoms with Crippen molar-refractivity contribution in [3.63, 3.8) is 0 Å². The van der Waals surface area contributed by atoms with Crippen molar-refractivity contribution in [1.82, 2.24) is 4.98 Å². The molecular weight excluding hydrogens is 367 g/mol. The first kappa shape index (κ1) is 19.5. The summed E-state index contributed by atoms with van der Waals surface area (Å²) >= 11 is 0. The lowest BCUT2D eigenvalue weighted by molar-refractivity contribution is -0.384. The summed E-state index contributed by atoms with van der Waals surface area (Å²) in [6.07, 6.45) is 2.21. The number of hydrogen-bond donors (Lipinski definition) is 0. The van der Waals surface area contributed by atoms with E-state index in [1.165, 1.54) is 18.3 Å². The van der Waals surface area contributed by atoms with Crippen molar-refractivity contribution in [2.24, 2.45) is 0 Å². The van der Waals surface area contributed by atoms with Crippen molar-refractivity contribution in [1.29, 1.82) is 0 Å². The van der Waals surface area contributed by atoms with Gasteiger partial charge >= 0.3 is 5.97 Å². The highest BCUT2D eigenvalue weighted by atomic mass is 19.1. The molecule has 0 N–H and O–H groups in total. The summed E-state index contributed by atoms with van der Waals surface area (Å²) in [4.78, 5) is 30.7. The predicted molar refractivity (Wildman–Crippen MR) is 102 cm³/mol. The summed E-state index contributed by atoms with van der Waals surface area (Å²) in [6.45, 7) is 4.37. The predicted octanol–water partition coefficient (Wildman–Crippen LogP) is 3.02. The number of carbonyl (C=O) groups excluding carboxylic acids is 1. The van der Waals surface area contributed by atoms with E-state index in [0.717, 1.165) is 12.5 Å². The number of benzene rings is 1. The molecule has 9 heteroatoms. The molecule has 0 amide bonds. The number of nitrogens with zero attached hydrogens (tertiary/aromatic N) is 4. The third kappa shape index (κ3) is 4.36. The normalized spacial score (nSPS) is 14.5. The van der Waals surface area contributed by atoms with Crippen LogP contribution in [0.1, 0.15) is 23.7 Å². The zero-order valence-electron chi connectivity index (χ0n) is 15.5. The van der Waals surface area contributed by atoms with Gasteiger partial charge in [0, 0.05) is 44.5 Å². The van der Waals surface area contributed by atoms with Crippen LogP contribution in [0.15, 0.2) is 36.5 Å². The summed E-state index contributed by atoms with van der Waals surface area (Å²) in [6, 6.07) is 6.93. The van der Waals surface area contributed by atoms with Gasteiger partial charge in [0.15, 0.2) is 0 Å². The summed E-state index contributed by atoms with van der Waals surface area (Å²) in [5.74, 6) is -0.205. The molecule has 1 fully saturated rings. The summed E-state index contributed by atoms with van der Waals surface area (Å²) < 4.78 is 18.6. The molecule has 1 aromatic carbocycles. The van der Waals surface area contributed by atoms with Crippen LogP contribution in [0.5, 0.6) is 0 Å². The van der Waals surface area contributed by atoms with Gasteiger partial charge in [0.2, 0.25) is 0 Å². The quantitative estimate of drug-likeness (QED) is 0.442. The molecule has 0 radical (unpaired) electrons. The van der Waals surface area contributed by atoms with Crippen molar-refractivity contribution >= 4 is 23.2 Å². The fourth-order valence-electron chi connectivity index (χ4n) is 3.20. The Bertz CT molecular complexity index is 860. The molecule has 0 saturated carbocycles. The first-order valence-electron chi connectivity index (χ1n) is 9.06. The van der Waals surface area contributed by atoms with E-state index in [4.69, 9.17) is 4.74 Å². The molecule has 3 rings (SSSR count). The average molecular weight is 388 g/mol. The maximum Gasteiger partial charge on any atom is 0.339 e. The van der Waals surface area contributed by atoms with Gasteiger partial charge in [0.25, 0.3) is 5.69 Å². The van der Waals surface area contributed by atoms with Crippen molar-refractivity contribution in [3.8, 4) is 0 Å². The second kappa shape index (κ2) is 8.64. The Kier molecular flexibility index (Phi) is 6.03. The molecule has 1 aliphatic heterocycles. The van der Waals surface area contributed by atoms with Crippen LogP contribution >= 0.6 is 0 Å². The number of nitro groups is 1.